The fraction of sp³-hybridized carbons (Fsp3) is 0.300. The summed E-state index contributed by atoms with van der Waals surface area (Å²) in [5, 5.41) is 5.30. The number of ether oxygens (including phenoxy) is 2. The topological polar surface area (TPSA) is 55.2 Å². The third-order valence-electron chi connectivity index (χ3n) is 4.30. The van der Waals surface area contributed by atoms with E-state index in [-0.39, 0.29) is 0 Å². The van der Waals surface area contributed by atoms with Gasteiger partial charge in [0.1, 0.15) is 13.2 Å². The number of thioether (sulfide) groups is 1. The van der Waals surface area contributed by atoms with Crippen LogP contribution in [0.1, 0.15) is 30.9 Å². The average Bonchev–Trinajstić information content (AvgIpc) is 2.68. The summed E-state index contributed by atoms with van der Waals surface area (Å²) in [4.78, 5) is 4.63. The molecule has 2 heterocycles. The van der Waals surface area contributed by atoms with Gasteiger partial charge < -0.3 is 9.47 Å². The van der Waals surface area contributed by atoms with Crippen LogP contribution in [0.2, 0.25) is 0 Å². The summed E-state index contributed by atoms with van der Waals surface area (Å²) >= 11 is 1.64. The molecule has 0 bridgehead atoms. The summed E-state index contributed by atoms with van der Waals surface area (Å²) in [7, 11) is 0. The maximum absolute atomic E-state index is 5.65. The maximum Gasteiger partial charge on any atom is 0.182 e. The highest BCUT2D eigenvalue weighted by Crippen LogP contribution is 2.31. The van der Waals surface area contributed by atoms with Gasteiger partial charge in [-0.3, -0.25) is 5.43 Å². The molecule has 1 N–H and O–H groups in total. The minimum atomic E-state index is 0.525. The summed E-state index contributed by atoms with van der Waals surface area (Å²) in [5.74, 6) is 2.86. The first-order valence-corrected chi connectivity index (χ1v) is 9.71. The van der Waals surface area contributed by atoms with Crippen molar-refractivity contribution in [1.29, 1.82) is 0 Å². The number of amidine groups is 1. The van der Waals surface area contributed by atoms with Gasteiger partial charge in [-0.15, -0.1) is 0 Å². The molecular formula is C20H21N3O2S. The second kappa shape index (κ2) is 7.41. The highest BCUT2D eigenvalue weighted by molar-refractivity contribution is 8.14. The Morgan fingerprint density at radius 1 is 1.04 bits per heavy atom. The molecule has 0 amide bonds. The lowest BCUT2D eigenvalue weighted by Gasteiger charge is -2.20. The van der Waals surface area contributed by atoms with E-state index in [4.69, 9.17) is 9.47 Å². The number of hydrogen-bond acceptors (Lipinski definition) is 5. The van der Waals surface area contributed by atoms with E-state index in [0.717, 1.165) is 39.4 Å². The zero-order valence-electron chi connectivity index (χ0n) is 14.9. The molecule has 4 rings (SSSR count). The number of hydrazone groups is 1. The molecule has 2 aliphatic rings. The fourth-order valence-electron chi connectivity index (χ4n) is 2.80. The zero-order valence-corrected chi connectivity index (χ0v) is 15.7. The molecule has 5 nitrogen and oxygen atoms in total. The van der Waals surface area contributed by atoms with E-state index >= 15 is 0 Å². The lowest BCUT2D eigenvalue weighted by molar-refractivity contribution is 0.171. The van der Waals surface area contributed by atoms with Crippen LogP contribution in [-0.2, 0) is 0 Å². The predicted molar refractivity (Wildman–Crippen MR) is 107 cm³/mol. The molecule has 2 aliphatic heterocycles. The Labute approximate surface area is 157 Å². The van der Waals surface area contributed by atoms with Gasteiger partial charge in [0.15, 0.2) is 16.7 Å². The van der Waals surface area contributed by atoms with Crippen LogP contribution in [-0.4, -0.2) is 29.8 Å². The largest absolute Gasteiger partial charge is 0.486 e. The van der Waals surface area contributed by atoms with E-state index in [1.54, 1.807) is 11.8 Å². The van der Waals surface area contributed by atoms with Crippen molar-refractivity contribution in [3.63, 3.8) is 0 Å². The van der Waals surface area contributed by atoms with Crippen LogP contribution in [0.25, 0.3) is 0 Å². The normalized spacial score (nSPS) is 17.8. The molecule has 0 aromatic heterocycles. The second-order valence-electron chi connectivity index (χ2n) is 6.48. The molecule has 6 heteroatoms. The van der Waals surface area contributed by atoms with Crippen molar-refractivity contribution in [2.24, 2.45) is 10.1 Å². The van der Waals surface area contributed by atoms with Gasteiger partial charge in [-0.05, 0) is 41.8 Å². The van der Waals surface area contributed by atoms with Crippen LogP contribution in [0.4, 0.5) is 5.69 Å². The van der Waals surface area contributed by atoms with Gasteiger partial charge in [-0.2, -0.15) is 5.10 Å². The maximum atomic E-state index is 5.65. The van der Waals surface area contributed by atoms with E-state index in [9.17, 15) is 0 Å². The Hall–Kier alpha value is -2.47. The van der Waals surface area contributed by atoms with Crippen LogP contribution < -0.4 is 14.9 Å². The van der Waals surface area contributed by atoms with Crippen molar-refractivity contribution in [2.45, 2.75) is 19.8 Å². The lowest BCUT2D eigenvalue weighted by atomic mass is 10.0. The number of hydrogen-bond donors (Lipinski definition) is 1. The third-order valence-corrected chi connectivity index (χ3v) is 5.17. The third kappa shape index (κ3) is 3.70. The van der Waals surface area contributed by atoms with Crippen molar-refractivity contribution in [2.75, 3.05) is 19.0 Å². The molecule has 0 unspecified atom stereocenters. The van der Waals surface area contributed by atoms with Crippen LogP contribution >= 0.6 is 11.8 Å². The lowest BCUT2D eigenvalue weighted by Crippen LogP contribution is -2.25. The first-order valence-electron chi connectivity index (χ1n) is 8.73. The molecule has 0 spiro atoms. The Morgan fingerprint density at radius 2 is 1.81 bits per heavy atom. The van der Waals surface area contributed by atoms with Gasteiger partial charge in [0, 0.05) is 11.3 Å². The van der Waals surface area contributed by atoms with E-state index in [1.165, 1.54) is 5.56 Å². The summed E-state index contributed by atoms with van der Waals surface area (Å²) in [6.07, 6.45) is 0. The van der Waals surface area contributed by atoms with E-state index < -0.39 is 0 Å². The molecule has 0 atom stereocenters. The molecule has 0 fully saturated rings. The standard InChI is InChI=1S/C20H21N3O2S/c1-13(2)14-3-6-16(7-4-14)21-20-23-22-17(12-26-20)15-5-8-18-19(11-15)25-10-9-24-18/h3-8,11,13H,9-10,12H2,1-2H3,(H,21,23). The number of nitrogens with zero attached hydrogens (tertiary/aromatic N) is 2. The molecule has 0 saturated heterocycles. The molecule has 2 aromatic carbocycles. The van der Waals surface area contributed by atoms with E-state index in [2.05, 4.69) is 41.5 Å². The van der Waals surface area contributed by atoms with Gasteiger partial charge in [0.2, 0.25) is 0 Å². The van der Waals surface area contributed by atoms with Crippen LogP contribution in [0.5, 0.6) is 11.5 Å². The number of benzene rings is 2. The minimum absolute atomic E-state index is 0.525. The Morgan fingerprint density at radius 3 is 2.50 bits per heavy atom. The number of fused-ring (bicyclic) bond motifs is 1. The summed E-state index contributed by atoms with van der Waals surface area (Å²) < 4.78 is 11.2. The second-order valence-corrected chi connectivity index (χ2v) is 7.44. The summed E-state index contributed by atoms with van der Waals surface area (Å²) in [6, 6.07) is 14.3. The van der Waals surface area contributed by atoms with Crippen molar-refractivity contribution in [3.05, 3.63) is 53.6 Å². The number of rotatable bonds is 3. The van der Waals surface area contributed by atoms with E-state index in [0.29, 0.717) is 19.1 Å². The Bertz CT molecular complexity index is 860. The number of nitrogens with one attached hydrogen (secondary N) is 1. The van der Waals surface area contributed by atoms with Crippen LogP contribution in [0.3, 0.4) is 0 Å². The minimum Gasteiger partial charge on any atom is -0.486 e. The fourth-order valence-corrected chi connectivity index (χ4v) is 3.58. The molecule has 134 valence electrons. The monoisotopic (exact) mass is 367 g/mol. The van der Waals surface area contributed by atoms with Gasteiger partial charge in [0.05, 0.1) is 11.4 Å². The molecule has 0 saturated carbocycles. The SMILES string of the molecule is CC(C)c1ccc(N=C2NN=C(c3ccc4c(c3)OCCO4)CS2)cc1. The van der Waals surface area contributed by atoms with Crippen molar-refractivity contribution < 1.29 is 9.47 Å². The smallest absolute Gasteiger partial charge is 0.182 e. The first-order chi connectivity index (χ1) is 12.7. The predicted octanol–water partition coefficient (Wildman–Crippen LogP) is 4.31. The molecule has 26 heavy (non-hydrogen) atoms. The summed E-state index contributed by atoms with van der Waals surface area (Å²) in [5.41, 5.74) is 7.32. The quantitative estimate of drug-likeness (QED) is 0.878. The Balaban J connectivity index is 1.47. The molecule has 2 aromatic rings. The molecule has 0 radical (unpaired) electrons. The Kier molecular flexibility index (Phi) is 4.84. The van der Waals surface area contributed by atoms with Crippen molar-refractivity contribution in [1.82, 2.24) is 5.43 Å². The number of aliphatic imine (C=N–C) groups is 1. The van der Waals surface area contributed by atoms with Gasteiger partial charge >= 0.3 is 0 Å². The van der Waals surface area contributed by atoms with Gasteiger partial charge in [-0.25, -0.2) is 4.99 Å². The first kappa shape index (κ1) is 17.0. The molecule has 0 aliphatic carbocycles. The van der Waals surface area contributed by atoms with Gasteiger partial charge in [0.25, 0.3) is 0 Å². The summed E-state index contributed by atoms with van der Waals surface area (Å²) in [6.45, 7) is 5.56. The van der Waals surface area contributed by atoms with Gasteiger partial charge in [-0.1, -0.05) is 37.7 Å². The van der Waals surface area contributed by atoms with E-state index in [1.807, 2.05) is 30.3 Å². The zero-order chi connectivity index (χ0) is 17.9. The molecular weight excluding hydrogens is 346 g/mol. The van der Waals surface area contributed by atoms with Crippen molar-refractivity contribution in [3.8, 4) is 11.5 Å². The highest BCUT2D eigenvalue weighted by atomic mass is 32.2. The van der Waals surface area contributed by atoms with Crippen LogP contribution in [0.15, 0.2) is 52.6 Å². The highest BCUT2D eigenvalue weighted by Gasteiger charge is 2.17. The van der Waals surface area contributed by atoms with Crippen LogP contribution in [0, 0.1) is 0 Å². The van der Waals surface area contributed by atoms with Crippen molar-refractivity contribution >= 4 is 28.3 Å². The average molecular weight is 367 g/mol.